The third-order valence-corrected chi connectivity index (χ3v) is 3.93. The minimum Gasteiger partial charge on any atom is -0.465 e. The Hall–Kier alpha value is -1.92. The quantitative estimate of drug-likeness (QED) is 0.862. The molecule has 2 rings (SSSR count). The van der Waals surface area contributed by atoms with Crippen LogP contribution in [0.25, 0.3) is 10.1 Å². The van der Waals surface area contributed by atoms with Gasteiger partial charge in [0.25, 0.3) is 0 Å². The van der Waals surface area contributed by atoms with Gasteiger partial charge in [-0.2, -0.15) is 0 Å². The van der Waals surface area contributed by atoms with E-state index in [-0.39, 0.29) is 18.6 Å². The molecule has 0 unspecified atom stereocenters. The van der Waals surface area contributed by atoms with Gasteiger partial charge in [-0.15, -0.1) is 11.3 Å². The Balaban J connectivity index is 2.32. The first-order chi connectivity index (χ1) is 10.0. The molecule has 0 aliphatic rings. The fraction of sp³-hybridized carbons (Fsp3) is 0.333. The van der Waals surface area contributed by atoms with Crippen LogP contribution in [-0.4, -0.2) is 31.7 Å². The van der Waals surface area contributed by atoms with E-state index in [4.69, 9.17) is 9.47 Å². The minimum atomic E-state index is -0.462. The smallest absolute Gasteiger partial charge is 0.350 e. The van der Waals surface area contributed by atoms with Crippen LogP contribution >= 0.6 is 11.3 Å². The van der Waals surface area contributed by atoms with Gasteiger partial charge in [0.15, 0.2) is 0 Å². The number of carbonyl (C=O) groups excluding carboxylic acids is 2. The summed E-state index contributed by atoms with van der Waals surface area (Å²) in [5, 5.41) is 3.57. The van der Waals surface area contributed by atoms with Crippen LogP contribution < -0.4 is 5.32 Å². The van der Waals surface area contributed by atoms with Gasteiger partial charge < -0.3 is 14.8 Å². The number of ether oxygens (including phenoxy) is 2. The molecule has 112 valence electrons. The summed E-state index contributed by atoms with van der Waals surface area (Å²) in [6.45, 7) is 3.66. The van der Waals surface area contributed by atoms with Crippen LogP contribution in [-0.2, 0) is 14.3 Å². The summed E-state index contributed by atoms with van der Waals surface area (Å²) in [4.78, 5) is 24.2. The van der Waals surface area contributed by atoms with Crippen molar-refractivity contribution in [2.45, 2.75) is 20.0 Å². The minimum absolute atomic E-state index is 0.0324. The molecule has 0 atom stereocenters. The van der Waals surface area contributed by atoms with E-state index in [1.165, 1.54) is 18.4 Å². The van der Waals surface area contributed by atoms with E-state index in [0.717, 1.165) is 10.1 Å². The zero-order valence-electron chi connectivity index (χ0n) is 12.1. The normalized spacial score (nSPS) is 10.9. The Morgan fingerprint density at radius 2 is 2.00 bits per heavy atom. The highest BCUT2D eigenvalue weighted by Crippen LogP contribution is 2.36. The first-order valence-electron chi connectivity index (χ1n) is 6.54. The summed E-state index contributed by atoms with van der Waals surface area (Å²) in [5.74, 6) is -0.756. The van der Waals surface area contributed by atoms with Gasteiger partial charge >= 0.3 is 5.97 Å². The molecule has 0 saturated carbocycles. The van der Waals surface area contributed by atoms with Crippen molar-refractivity contribution in [1.82, 2.24) is 0 Å². The van der Waals surface area contributed by atoms with E-state index in [1.54, 1.807) is 0 Å². The first-order valence-corrected chi connectivity index (χ1v) is 7.36. The molecule has 0 radical (unpaired) electrons. The number of methoxy groups -OCH3 is 1. The highest BCUT2D eigenvalue weighted by molar-refractivity contribution is 7.21. The number of fused-ring (bicyclic) bond motifs is 1. The lowest BCUT2D eigenvalue weighted by molar-refractivity contribution is -0.121. The average molecular weight is 307 g/mol. The molecule has 1 heterocycles. The van der Waals surface area contributed by atoms with E-state index >= 15 is 0 Å². The third-order valence-electron chi connectivity index (χ3n) is 2.78. The van der Waals surface area contributed by atoms with Crippen LogP contribution in [0.3, 0.4) is 0 Å². The summed E-state index contributed by atoms with van der Waals surface area (Å²) < 4.78 is 11.0. The monoisotopic (exact) mass is 307 g/mol. The molecule has 0 fully saturated rings. The molecule has 21 heavy (non-hydrogen) atoms. The molecule has 6 heteroatoms. The summed E-state index contributed by atoms with van der Waals surface area (Å²) in [6.07, 6.45) is -0.0324. The van der Waals surface area contributed by atoms with Crippen molar-refractivity contribution in [3.63, 3.8) is 0 Å². The standard InChI is InChI=1S/C15H17NO4S/c1-9(2)20-8-12(17)16-13-10-6-4-5-7-11(10)21-14(13)15(18)19-3/h4-7,9H,8H2,1-3H3,(H,16,17). The number of benzene rings is 1. The molecule has 0 saturated heterocycles. The molecule has 0 bridgehead atoms. The van der Waals surface area contributed by atoms with Crippen LogP contribution in [0.2, 0.25) is 0 Å². The maximum Gasteiger partial charge on any atom is 0.350 e. The van der Waals surface area contributed by atoms with Crippen molar-refractivity contribution in [2.24, 2.45) is 0 Å². The maximum atomic E-state index is 11.9. The third kappa shape index (κ3) is 3.59. The SMILES string of the molecule is COC(=O)c1sc2ccccc2c1NC(=O)COC(C)C. The van der Waals surface area contributed by atoms with E-state index in [9.17, 15) is 9.59 Å². The second-order valence-corrected chi connectivity index (χ2v) is 5.75. The number of nitrogens with one attached hydrogen (secondary N) is 1. The van der Waals surface area contributed by atoms with Crippen LogP contribution in [0.5, 0.6) is 0 Å². The maximum absolute atomic E-state index is 11.9. The number of amides is 1. The van der Waals surface area contributed by atoms with Crippen molar-refractivity contribution in [1.29, 1.82) is 0 Å². The fourth-order valence-electron chi connectivity index (χ4n) is 1.82. The van der Waals surface area contributed by atoms with E-state index in [2.05, 4.69) is 5.32 Å². The highest BCUT2D eigenvalue weighted by atomic mass is 32.1. The average Bonchev–Trinajstić information content (AvgIpc) is 2.83. The Kier molecular flexibility index (Phi) is 4.93. The van der Waals surface area contributed by atoms with Gasteiger partial charge in [0.05, 0.1) is 18.9 Å². The molecule has 0 aliphatic carbocycles. The Bertz CT molecular complexity index is 663. The largest absolute Gasteiger partial charge is 0.465 e. The molecule has 0 aliphatic heterocycles. The lowest BCUT2D eigenvalue weighted by Gasteiger charge is -2.09. The predicted octanol–water partition coefficient (Wildman–Crippen LogP) is 3.05. The topological polar surface area (TPSA) is 64.6 Å². The molecule has 2 aromatic rings. The van der Waals surface area contributed by atoms with Crippen molar-refractivity contribution >= 4 is 39.0 Å². The molecule has 5 nitrogen and oxygen atoms in total. The molecule has 1 N–H and O–H groups in total. The van der Waals surface area contributed by atoms with E-state index < -0.39 is 5.97 Å². The van der Waals surface area contributed by atoms with Gasteiger partial charge in [-0.3, -0.25) is 4.79 Å². The number of carbonyl (C=O) groups is 2. The van der Waals surface area contributed by atoms with Crippen LogP contribution in [0, 0.1) is 0 Å². The van der Waals surface area contributed by atoms with Crippen molar-refractivity contribution in [2.75, 3.05) is 19.0 Å². The Morgan fingerprint density at radius 3 is 2.67 bits per heavy atom. The zero-order valence-corrected chi connectivity index (χ0v) is 13.0. The molecule has 1 amide bonds. The number of esters is 1. The van der Waals surface area contributed by atoms with Crippen LogP contribution in [0.1, 0.15) is 23.5 Å². The molecule has 1 aromatic carbocycles. The van der Waals surface area contributed by atoms with E-state index in [1.807, 2.05) is 38.1 Å². The van der Waals surface area contributed by atoms with Crippen LogP contribution in [0.15, 0.2) is 24.3 Å². The highest BCUT2D eigenvalue weighted by Gasteiger charge is 2.20. The molecular weight excluding hydrogens is 290 g/mol. The number of rotatable bonds is 5. The number of hydrogen-bond donors (Lipinski definition) is 1. The second-order valence-electron chi connectivity index (χ2n) is 4.70. The van der Waals surface area contributed by atoms with Gasteiger partial charge in [-0.05, 0) is 19.9 Å². The first kappa shape index (κ1) is 15.5. The van der Waals surface area contributed by atoms with Crippen molar-refractivity contribution < 1.29 is 19.1 Å². The number of hydrogen-bond acceptors (Lipinski definition) is 5. The van der Waals surface area contributed by atoms with Gasteiger partial charge in [-0.25, -0.2) is 4.79 Å². The molecular formula is C15H17NO4S. The fourth-order valence-corrected chi connectivity index (χ4v) is 2.90. The molecule has 0 spiro atoms. The van der Waals surface area contributed by atoms with Gasteiger partial charge in [0.1, 0.15) is 11.5 Å². The van der Waals surface area contributed by atoms with Crippen molar-refractivity contribution in [3.05, 3.63) is 29.1 Å². The van der Waals surface area contributed by atoms with Gasteiger partial charge in [0, 0.05) is 10.1 Å². The summed E-state index contributed by atoms with van der Waals surface area (Å²) in [5.41, 5.74) is 0.486. The summed E-state index contributed by atoms with van der Waals surface area (Å²) >= 11 is 1.29. The van der Waals surface area contributed by atoms with E-state index in [0.29, 0.717) is 10.6 Å². The lowest BCUT2D eigenvalue weighted by Crippen LogP contribution is -2.21. The Morgan fingerprint density at radius 1 is 1.29 bits per heavy atom. The summed E-state index contributed by atoms with van der Waals surface area (Å²) in [6, 6.07) is 7.49. The van der Waals surface area contributed by atoms with Gasteiger partial charge in [-0.1, -0.05) is 18.2 Å². The Labute approximate surface area is 126 Å². The van der Waals surface area contributed by atoms with Crippen LogP contribution in [0.4, 0.5) is 5.69 Å². The lowest BCUT2D eigenvalue weighted by atomic mass is 10.2. The van der Waals surface area contributed by atoms with Crippen molar-refractivity contribution in [3.8, 4) is 0 Å². The second kappa shape index (κ2) is 6.69. The predicted molar refractivity (Wildman–Crippen MR) is 82.9 cm³/mol. The number of thiophene rings is 1. The van der Waals surface area contributed by atoms with Gasteiger partial charge in [0.2, 0.25) is 5.91 Å². The zero-order chi connectivity index (χ0) is 15.4. The molecule has 1 aromatic heterocycles. The number of anilines is 1. The summed E-state index contributed by atoms with van der Waals surface area (Å²) in [7, 11) is 1.32.